The summed E-state index contributed by atoms with van der Waals surface area (Å²) in [6.45, 7) is 7.53. The molecule has 13 nitrogen and oxygen atoms in total. The number of fused-ring (bicyclic) bond motifs is 7. The van der Waals surface area contributed by atoms with Crippen molar-refractivity contribution in [2.75, 3.05) is 26.9 Å². The van der Waals surface area contributed by atoms with Gasteiger partial charge in [0.05, 0.1) is 58.0 Å². The van der Waals surface area contributed by atoms with Crippen LogP contribution in [-0.4, -0.2) is 74.7 Å². The molecule has 9 rings (SSSR count). The zero-order valence-corrected chi connectivity index (χ0v) is 36.9. The molecular weight excluding hydrogens is 888 g/mol. The Morgan fingerprint density at radius 3 is 2.47 bits per heavy atom. The number of methoxy groups -OCH3 is 1. The van der Waals surface area contributed by atoms with Crippen LogP contribution in [0, 0.1) is 19.7 Å². The molecule has 0 radical (unpaired) electrons. The van der Waals surface area contributed by atoms with E-state index in [-0.39, 0.29) is 70.6 Å². The van der Waals surface area contributed by atoms with Crippen LogP contribution in [0.1, 0.15) is 22.4 Å². The van der Waals surface area contributed by atoms with Crippen LogP contribution in [0.4, 0.5) is 4.39 Å². The van der Waals surface area contributed by atoms with Gasteiger partial charge in [-0.05, 0) is 85.6 Å². The van der Waals surface area contributed by atoms with Crippen LogP contribution in [0.15, 0.2) is 98.0 Å². The molecule has 1 N–H and O–H groups in total. The maximum Gasteiger partial charge on any atom is 0.345 e. The Labute approximate surface area is 381 Å². The molecule has 2 atom stereocenters. The Balaban J connectivity index is 1.27. The van der Waals surface area contributed by atoms with Crippen molar-refractivity contribution in [1.82, 2.24) is 24.5 Å². The largest absolute Gasteiger partial charge is 0.496 e. The van der Waals surface area contributed by atoms with E-state index in [0.29, 0.717) is 68.0 Å². The Kier molecular flexibility index (Phi) is 13.2. The quantitative estimate of drug-likeness (QED) is 0.0972. The first-order valence-corrected chi connectivity index (χ1v) is 21.0. The molecule has 5 heterocycles. The van der Waals surface area contributed by atoms with E-state index in [0.717, 1.165) is 0 Å². The predicted molar refractivity (Wildman–Crippen MR) is 240 cm³/mol. The van der Waals surface area contributed by atoms with Crippen molar-refractivity contribution in [3.63, 3.8) is 0 Å². The topological polar surface area (TPSA) is 149 Å². The third-order valence-electron chi connectivity index (χ3n) is 10.4. The van der Waals surface area contributed by atoms with E-state index < -0.39 is 24.0 Å². The van der Waals surface area contributed by atoms with Gasteiger partial charge >= 0.3 is 5.97 Å². The van der Waals surface area contributed by atoms with Gasteiger partial charge in [-0.15, -0.1) is 6.58 Å². The average Bonchev–Trinajstić information content (AvgIpc) is 3.59. The fourth-order valence-corrected chi connectivity index (χ4v) is 8.22. The molecule has 0 unspecified atom stereocenters. The third kappa shape index (κ3) is 8.87. The molecule has 2 aliphatic heterocycles. The number of ether oxygens (including phenoxy) is 6. The van der Waals surface area contributed by atoms with Gasteiger partial charge in [-0.2, -0.15) is 4.98 Å². The highest BCUT2D eigenvalue weighted by molar-refractivity contribution is 6.39. The number of carboxylic acid groups (broad SMARTS) is 1. The van der Waals surface area contributed by atoms with Gasteiger partial charge in [-0.3, -0.25) is 0 Å². The lowest BCUT2D eigenvalue weighted by Gasteiger charge is -2.25. The number of carbonyl (C=O) groups is 1. The molecule has 3 aromatic heterocycles. The highest BCUT2D eigenvalue weighted by Crippen LogP contribution is 2.48. The molecule has 17 heteroatoms. The van der Waals surface area contributed by atoms with Crippen LogP contribution >= 0.6 is 34.8 Å². The van der Waals surface area contributed by atoms with Gasteiger partial charge in [0.15, 0.2) is 17.7 Å². The maximum absolute atomic E-state index is 14.3. The van der Waals surface area contributed by atoms with Crippen molar-refractivity contribution in [2.24, 2.45) is 0 Å². The zero-order chi connectivity index (χ0) is 45.1. The van der Waals surface area contributed by atoms with Gasteiger partial charge in [0, 0.05) is 23.7 Å². The lowest BCUT2D eigenvalue weighted by Crippen LogP contribution is -2.31. The first-order valence-electron chi connectivity index (χ1n) is 19.8. The molecule has 0 fully saturated rings. The Morgan fingerprint density at radius 2 is 1.73 bits per heavy atom. The number of hydrogen-bond donors (Lipinski definition) is 1. The number of hydrogen-bond acceptors (Lipinski definition) is 11. The minimum Gasteiger partial charge on any atom is -0.496 e. The molecule has 328 valence electrons. The fourth-order valence-electron chi connectivity index (χ4n) is 7.39. The molecule has 7 aromatic rings. The normalized spacial score (nSPS) is 14.9. The number of para-hydroxylation sites is 1. The minimum absolute atomic E-state index is 0.00478. The van der Waals surface area contributed by atoms with Crippen LogP contribution in [0.5, 0.6) is 28.9 Å². The Bertz CT molecular complexity index is 2870. The molecule has 0 saturated heterocycles. The Morgan fingerprint density at radius 1 is 0.969 bits per heavy atom. The predicted octanol–water partition coefficient (Wildman–Crippen LogP) is 10.3. The van der Waals surface area contributed by atoms with Crippen molar-refractivity contribution in [3.05, 3.63) is 141 Å². The summed E-state index contributed by atoms with van der Waals surface area (Å²) in [4.78, 5) is 31.4. The van der Waals surface area contributed by atoms with Crippen molar-refractivity contribution < 1.29 is 42.7 Å². The summed E-state index contributed by atoms with van der Waals surface area (Å²) in [6.07, 6.45) is 1.92. The highest BCUT2D eigenvalue weighted by Gasteiger charge is 2.32. The van der Waals surface area contributed by atoms with E-state index in [9.17, 15) is 14.3 Å². The summed E-state index contributed by atoms with van der Waals surface area (Å²) in [5.74, 6) is 0.0187. The van der Waals surface area contributed by atoms with E-state index in [1.807, 2.05) is 24.3 Å². The molecule has 4 aromatic carbocycles. The standard InChI is InChI=1S/C47H39Cl3FN5O8/c1-5-18-60-22-32-23-61-31-14-15-34(62-21-30-16-17-52-45(55-30)33-8-6-7-9-35(33)59-4)28(19-31)20-36(47(57)58)64-46-43-40(53-24-54-46)39(50)42(27-10-12-29(51)13-11-27)56(43)41-25(2)37(48)44(63-32)38(49)26(41)3/h5-17,19,24,32,36H,1,18,20-23H2,2-4H3,(H,57,58)/t32-,36-/m1/s1. The summed E-state index contributed by atoms with van der Waals surface area (Å²) < 4.78 is 53.0. The molecule has 0 spiro atoms. The fraction of sp³-hybridized carbons (Fsp3) is 0.213. The lowest BCUT2D eigenvalue weighted by molar-refractivity contribution is -0.145. The number of nitrogens with zero attached hydrogens (tertiary/aromatic N) is 5. The van der Waals surface area contributed by atoms with Crippen molar-refractivity contribution >= 4 is 51.8 Å². The molecule has 4 bridgehead atoms. The van der Waals surface area contributed by atoms with Gasteiger partial charge < -0.3 is 38.1 Å². The van der Waals surface area contributed by atoms with Crippen LogP contribution < -0.4 is 23.7 Å². The molecular formula is C47H39Cl3FN5O8. The van der Waals surface area contributed by atoms with Crippen LogP contribution in [-0.2, 0) is 22.6 Å². The summed E-state index contributed by atoms with van der Waals surface area (Å²) in [5.41, 5.74) is 4.41. The zero-order valence-electron chi connectivity index (χ0n) is 34.6. The number of aromatic nitrogens is 5. The van der Waals surface area contributed by atoms with Gasteiger partial charge in [-0.1, -0.05) is 53.0 Å². The number of halogens is 4. The van der Waals surface area contributed by atoms with E-state index in [4.69, 9.17) is 68.2 Å². The summed E-state index contributed by atoms with van der Waals surface area (Å²) in [7, 11) is 1.57. The molecule has 0 amide bonds. The summed E-state index contributed by atoms with van der Waals surface area (Å²) in [5, 5.41) is 11.3. The second-order valence-corrected chi connectivity index (χ2v) is 15.7. The second kappa shape index (κ2) is 19.1. The van der Waals surface area contributed by atoms with Crippen molar-refractivity contribution in [3.8, 4) is 57.2 Å². The molecule has 0 saturated carbocycles. The lowest BCUT2D eigenvalue weighted by atomic mass is 10.1. The van der Waals surface area contributed by atoms with Crippen LogP contribution in [0.25, 0.3) is 39.4 Å². The first-order chi connectivity index (χ1) is 31.0. The highest BCUT2D eigenvalue weighted by atomic mass is 35.5. The van der Waals surface area contributed by atoms with Gasteiger partial charge in [0.1, 0.15) is 53.6 Å². The van der Waals surface area contributed by atoms with Gasteiger partial charge in [0.25, 0.3) is 0 Å². The first kappa shape index (κ1) is 44.2. The Hall–Kier alpha value is -6.45. The average molecular weight is 927 g/mol. The van der Waals surface area contributed by atoms with Crippen molar-refractivity contribution in [1.29, 1.82) is 0 Å². The van der Waals surface area contributed by atoms with E-state index in [1.54, 1.807) is 74.2 Å². The van der Waals surface area contributed by atoms with E-state index >= 15 is 0 Å². The van der Waals surface area contributed by atoms with Crippen molar-refractivity contribution in [2.45, 2.75) is 39.1 Å². The third-order valence-corrected chi connectivity index (χ3v) is 11.7. The van der Waals surface area contributed by atoms with E-state index in [2.05, 4.69) is 21.5 Å². The number of rotatable bonds is 11. The molecule has 64 heavy (non-hydrogen) atoms. The van der Waals surface area contributed by atoms with Crippen LogP contribution in [0.3, 0.4) is 0 Å². The number of benzene rings is 4. The maximum atomic E-state index is 14.3. The van der Waals surface area contributed by atoms with E-state index in [1.165, 1.54) is 18.5 Å². The summed E-state index contributed by atoms with van der Waals surface area (Å²) in [6, 6.07) is 19.8. The van der Waals surface area contributed by atoms with Gasteiger partial charge in [-0.25, -0.2) is 24.1 Å². The monoisotopic (exact) mass is 925 g/mol. The van der Waals surface area contributed by atoms with Gasteiger partial charge in [0.2, 0.25) is 12.0 Å². The second-order valence-electron chi connectivity index (χ2n) is 14.6. The molecule has 2 aliphatic rings. The SMILES string of the molecule is C=CCOC[C@@H]1COc2ccc(OCc3ccnc(-c4ccccc4OC)n3)c(c2)C[C@H](C(=O)O)Oc2ncnc3c(Cl)c(-c4ccc(F)cc4)n(c23)-c2c(C)c(Cl)c(c(Cl)c2C)O1. The minimum atomic E-state index is -1.56. The smallest absolute Gasteiger partial charge is 0.345 e. The molecule has 0 aliphatic carbocycles. The number of carboxylic acids is 1. The number of aliphatic carboxylic acids is 1. The summed E-state index contributed by atoms with van der Waals surface area (Å²) >= 11 is 21.5. The van der Waals surface area contributed by atoms with Crippen LogP contribution in [0.2, 0.25) is 15.1 Å².